The number of benzene rings is 1. The minimum absolute atomic E-state index is 0.00184. The van der Waals surface area contributed by atoms with Crippen molar-refractivity contribution in [2.45, 2.75) is 51.4 Å². The van der Waals surface area contributed by atoms with E-state index < -0.39 is 47.7 Å². The molecule has 1 aliphatic heterocycles. The van der Waals surface area contributed by atoms with Gasteiger partial charge in [0.1, 0.15) is 17.5 Å². The minimum Gasteiger partial charge on any atom is -0.444 e. The number of halogens is 3. The Labute approximate surface area is 151 Å². The summed E-state index contributed by atoms with van der Waals surface area (Å²) < 4.78 is 54.8. The lowest BCUT2D eigenvalue weighted by Crippen LogP contribution is -2.52. The van der Waals surface area contributed by atoms with Gasteiger partial charge in [-0.15, -0.1) is 0 Å². The Balaban J connectivity index is 2.24. The Kier molecular flexibility index (Phi) is 5.87. The van der Waals surface area contributed by atoms with E-state index in [1.54, 1.807) is 20.8 Å². The van der Waals surface area contributed by atoms with Crippen molar-refractivity contribution < 1.29 is 27.4 Å². The molecule has 1 aromatic carbocycles. The molecule has 5 nitrogen and oxygen atoms in total. The van der Waals surface area contributed by atoms with Crippen LogP contribution >= 0.6 is 0 Å². The number of nitrogens with zero attached hydrogens (tertiary/aromatic N) is 1. The molecule has 1 aliphatic rings. The van der Waals surface area contributed by atoms with E-state index in [2.05, 4.69) is 0 Å². The molecule has 1 amide bonds. The summed E-state index contributed by atoms with van der Waals surface area (Å²) >= 11 is 0. The number of carbonyl (C=O) groups excluding carboxylic acids is 1. The van der Waals surface area contributed by atoms with Crippen LogP contribution in [0.2, 0.25) is 0 Å². The second kappa shape index (κ2) is 7.44. The van der Waals surface area contributed by atoms with Crippen molar-refractivity contribution in [2.24, 2.45) is 5.73 Å². The van der Waals surface area contributed by atoms with Gasteiger partial charge in [-0.1, -0.05) is 12.1 Å². The average molecular weight is 374 g/mol. The van der Waals surface area contributed by atoms with Crippen LogP contribution in [0, 0.1) is 5.82 Å². The summed E-state index contributed by atoms with van der Waals surface area (Å²) in [4.78, 5) is 13.3. The summed E-state index contributed by atoms with van der Waals surface area (Å²) in [5, 5.41) is 0. The van der Waals surface area contributed by atoms with Gasteiger partial charge in [0.05, 0.1) is 18.7 Å². The number of morpholine rings is 1. The van der Waals surface area contributed by atoms with Gasteiger partial charge in [-0.3, -0.25) is 0 Å². The van der Waals surface area contributed by atoms with Gasteiger partial charge in [-0.2, -0.15) is 8.78 Å². The first kappa shape index (κ1) is 20.5. The molecule has 8 heteroatoms. The first-order valence-corrected chi connectivity index (χ1v) is 8.45. The maximum Gasteiger partial charge on any atom is 0.410 e. The molecule has 1 fully saturated rings. The summed E-state index contributed by atoms with van der Waals surface area (Å²) in [7, 11) is 0. The molecule has 146 valence electrons. The van der Waals surface area contributed by atoms with E-state index in [1.807, 2.05) is 0 Å². The van der Waals surface area contributed by atoms with E-state index in [0.29, 0.717) is 0 Å². The molecule has 1 heterocycles. The molecule has 2 rings (SSSR count). The lowest BCUT2D eigenvalue weighted by atomic mass is 9.96. The number of alkyl halides is 2. The number of hydrogen-bond acceptors (Lipinski definition) is 4. The second-order valence-corrected chi connectivity index (χ2v) is 7.41. The van der Waals surface area contributed by atoms with E-state index in [-0.39, 0.29) is 18.7 Å². The lowest BCUT2D eigenvalue weighted by molar-refractivity contribution is -0.171. The normalized spacial score (nSPS) is 20.0. The van der Waals surface area contributed by atoms with Crippen molar-refractivity contribution in [3.8, 4) is 0 Å². The first-order chi connectivity index (χ1) is 11.9. The second-order valence-electron chi connectivity index (χ2n) is 7.41. The number of carbonyl (C=O) groups is 1. The predicted molar refractivity (Wildman–Crippen MR) is 90.4 cm³/mol. The van der Waals surface area contributed by atoms with E-state index >= 15 is 0 Å². The topological polar surface area (TPSA) is 64.8 Å². The summed E-state index contributed by atoms with van der Waals surface area (Å²) in [6.07, 6.45) is -2.38. The summed E-state index contributed by atoms with van der Waals surface area (Å²) in [6, 6.07) is 2.99. The van der Waals surface area contributed by atoms with Gasteiger partial charge in [0.25, 0.3) is 0 Å². The summed E-state index contributed by atoms with van der Waals surface area (Å²) in [5.41, 5.74) is 4.11. The quantitative estimate of drug-likeness (QED) is 0.878. The number of ether oxygens (including phenoxy) is 2. The third kappa shape index (κ3) is 4.48. The molecule has 2 N–H and O–H groups in total. The Morgan fingerprint density at radius 3 is 2.62 bits per heavy atom. The standard InChI is InChI=1S/C18H25F3N2O3/c1-11(22)12-6-5-7-13(15(12)19)18(20,21)14-10-23(8-9-25-14)16(24)26-17(2,3)4/h5-7,11,14H,8-10,22H2,1-4H3. The van der Waals surface area contributed by atoms with Gasteiger partial charge < -0.3 is 20.1 Å². The smallest absolute Gasteiger partial charge is 0.410 e. The predicted octanol–water partition coefficient (Wildman–Crippen LogP) is 3.57. The van der Waals surface area contributed by atoms with Crippen molar-refractivity contribution in [1.82, 2.24) is 4.90 Å². The van der Waals surface area contributed by atoms with E-state index in [1.165, 1.54) is 19.1 Å². The zero-order valence-corrected chi connectivity index (χ0v) is 15.4. The van der Waals surface area contributed by atoms with Crippen molar-refractivity contribution in [3.63, 3.8) is 0 Å². The minimum atomic E-state index is -3.63. The molecule has 1 saturated heterocycles. The highest BCUT2D eigenvalue weighted by Crippen LogP contribution is 2.38. The van der Waals surface area contributed by atoms with Gasteiger partial charge in [-0.25, -0.2) is 9.18 Å². The molecule has 0 spiro atoms. The van der Waals surface area contributed by atoms with Crippen LogP contribution in [0.4, 0.5) is 18.0 Å². The number of hydrogen-bond donors (Lipinski definition) is 1. The van der Waals surface area contributed by atoms with Crippen LogP contribution in [-0.4, -0.2) is 42.4 Å². The molecule has 1 aromatic rings. The summed E-state index contributed by atoms with van der Waals surface area (Å²) in [5.74, 6) is -4.68. The molecule has 0 bridgehead atoms. The van der Waals surface area contributed by atoms with Crippen LogP contribution < -0.4 is 5.73 Å². The highest BCUT2D eigenvalue weighted by molar-refractivity contribution is 5.68. The average Bonchev–Trinajstić information content (AvgIpc) is 2.53. The van der Waals surface area contributed by atoms with Gasteiger partial charge in [0, 0.05) is 18.2 Å². The van der Waals surface area contributed by atoms with Crippen LogP contribution in [0.15, 0.2) is 18.2 Å². The number of amides is 1. The highest BCUT2D eigenvalue weighted by atomic mass is 19.3. The molecular weight excluding hydrogens is 349 g/mol. The van der Waals surface area contributed by atoms with Gasteiger partial charge in [0.15, 0.2) is 0 Å². The lowest BCUT2D eigenvalue weighted by Gasteiger charge is -2.37. The fourth-order valence-corrected chi connectivity index (χ4v) is 2.69. The molecule has 0 saturated carbocycles. The van der Waals surface area contributed by atoms with Gasteiger partial charge >= 0.3 is 12.0 Å². The Hall–Kier alpha value is -1.80. The third-order valence-corrected chi connectivity index (χ3v) is 4.00. The van der Waals surface area contributed by atoms with Crippen molar-refractivity contribution in [2.75, 3.05) is 19.7 Å². The molecule has 0 aliphatic carbocycles. The fourth-order valence-electron chi connectivity index (χ4n) is 2.69. The van der Waals surface area contributed by atoms with Crippen LogP contribution in [-0.2, 0) is 15.4 Å². The monoisotopic (exact) mass is 374 g/mol. The molecule has 2 atom stereocenters. The van der Waals surface area contributed by atoms with Crippen LogP contribution in [0.25, 0.3) is 0 Å². The van der Waals surface area contributed by atoms with Gasteiger partial charge in [-0.05, 0) is 33.8 Å². The zero-order chi connectivity index (χ0) is 19.7. The fraction of sp³-hybridized carbons (Fsp3) is 0.611. The SMILES string of the molecule is CC(N)c1cccc(C(F)(F)C2CN(C(=O)OC(C)(C)C)CCO2)c1F. The zero-order valence-electron chi connectivity index (χ0n) is 15.4. The van der Waals surface area contributed by atoms with E-state index in [0.717, 1.165) is 11.0 Å². The largest absolute Gasteiger partial charge is 0.444 e. The summed E-state index contributed by atoms with van der Waals surface area (Å²) in [6.45, 7) is 6.22. The Morgan fingerprint density at radius 1 is 1.38 bits per heavy atom. The van der Waals surface area contributed by atoms with E-state index in [4.69, 9.17) is 15.2 Å². The van der Waals surface area contributed by atoms with Crippen molar-refractivity contribution in [3.05, 3.63) is 35.1 Å². The Bertz CT molecular complexity index is 660. The maximum absolute atomic E-state index is 14.9. The van der Waals surface area contributed by atoms with Crippen molar-refractivity contribution >= 4 is 6.09 Å². The molecule has 26 heavy (non-hydrogen) atoms. The maximum atomic E-state index is 14.9. The van der Waals surface area contributed by atoms with Crippen LogP contribution in [0.3, 0.4) is 0 Å². The molecule has 0 aromatic heterocycles. The molecule has 2 unspecified atom stereocenters. The Morgan fingerprint density at radius 2 is 2.04 bits per heavy atom. The van der Waals surface area contributed by atoms with Gasteiger partial charge in [0.2, 0.25) is 0 Å². The first-order valence-electron chi connectivity index (χ1n) is 8.45. The van der Waals surface area contributed by atoms with Crippen molar-refractivity contribution in [1.29, 1.82) is 0 Å². The number of rotatable bonds is 3. The van der Waals surface area contributed by atoms with Crippen LogP contribution in [0.5, 0.6) is 0 Å². The van der Waals surface area contributed by atoms with Crippen LogP contribution in [0.1, 0.15) is 44.9 Å². The molecule has 0 radical (unpaired) electrons. The number of nitrogens with two attached hydrogens (primary N) is 1. The molecular formula is C18H25F3N2O3. The highest BCUT2D eigenvalue weighted by Gasteiger charge is 2.48. The third-order valence-electron chi connectivity index (χ3n) is 4.00. The van der Waals surface area contributed by atoms with E-state index in [9.17, 15) is 18.0 Å².